The summed E-state index contributed by atoms with van der Waals surface area (Å²) in [6.07, 6.45) is 0. The average Bonchev–Trinajstić information content (AvgIpc) is 2.51. The highest BCUT2D eigenvalue weighted by Crippen LogP contribution is 2.37. The third-order valence-electron chi connectivity index (χ3n) is 5.36. The maximum Gasteiger partial charge on any atom is 0.177 e. The molecule has 2 heterocycles. The Morgan fingerprint density at radius 3 is 1.42 bits per heavy atom. The summed E-state index contributed by atoms with van der Waals surface area (Å²) in [6, 6.07) is 8.13. The highest BCUT2D eigenvalue weighted by molar-refractivity contribution is 6.64. The molecular weight excluding hydrogens is 322 g/mol. The second kappa shape index (κ2) is 5.15. The lowest BCUT2D eigenvalue weighted by molar-refractivity contribution is 0.588. The molecule has 0 unspecified atom stereocenters. The standard InChI is InChI=1S/C20H24B2N2O2/c1-19(2,3)11-7-13-17-14(8-11)22(26)24-16-10-12(20(4,5)6)9-15(18(16)17)23-21(13)25/h7-10,25-26H,1-6H3/q-2. The maximum absolute atomic E-state index is 10.7. The van der Waals surface area contributed by atoms with Gasteiger partial charge in [0.05, 0.1) is 0 Å². The molecule has 0 aliphatic rings. The van der Waals surface area contributed by atoms with Crippen molar-refractivity contribution in [2.24, 2.45) is 0 Å². The zero-order chi connectivity index (χ0) is 19.0. The number of nitrogens with zero attached hydrogens (tertiary/aromatic N) is 2. The Bertz CT molecular complexity index is 1100. The molecular formula is C20H24B2N2O2-2. The molecule has 26 heavy (non-hydrogen) atoms. The lowest BCUT2D eigenvalue weighted by Gasteiger charge is -2.29. The minimum atomic E-state index is -0.924. The van der Waals surface area contributed by atoms with E-state index in [0.717, 1.165) is 43.5 Å². The van der Waals surface area contributed by atoms with Gasteiger partial charge in [0.15, 0.2) is 13.4 Å². The molecule has 0 saturated carbocycles. The Morgan fingerprint density at radius 1 is 0.654 bits per heavy atom. The van der Waals surface area contributed by atoms with Crippen molar-refractivity contribution in [1.29, 1.82) is 0 Å². The van der Waals surface area contributed by atoms with Crippen molar-refractivity contribution in [2.45, 2.75) is 52.4 Å². The van der Waals surface area contributed by atoms with Crippen LogP contribution in [0.1, 0.15) is 52.7 Å². The first kappa shape index (κ1) is 17.2. The molecule has 2 aromatic carbocycles. The number of hydrogen-bond acceptors (Lipinski definition) is 4. The summed E-state index contributed by atoms with van der Waals surface area (Å²) in [4.78, 5) is 9.12. The van der Waals surface area contributed by atoms with Crippen LogP contribution in [0.15, 0.2) is 24.3 Å². The van der Waals surface area contributed by atoms with Gasteiger partial charge in [-0.2, -0.15) is 10.6 Å². The van der Waals surface area contributed by atoms with Crippen LogP contribution in [0.2, 0.25) is 0 Å². The van der Waals surface area contributed by atoms with Crippen molar-refractivity contribution in [3.05, 3.63) is 35.4 Å². The fourth-order valence-corrected chi connectivity index (χ4v) is 3.72. The third-order valence-corrected chi connectivity index (χ3v) is 5.36. The van der Waals surface area contributed by atoms with E-state index in [1.165, 1.54) is 0 Å². The molecule has 0 saturated heterocycles. The van der Waals surface area contributed by atoms with Crippen molar-refractivity contribution < 1.29 is 10.0 Å². The van der Waals surface area contributed by atoms with Crippen LogP contribution in [-0.4, -0.2) is 33.2 Å². The first-order valence-electron chi connectivity index (χ1n) is 9.12. The van der Waals surface area contributed by atoms with E-state index >= 15 is 0 Å². The van der Waals surface area contributed by atoms with E-state index in [9.17, 15) is 10.0 Å². The maximum atomic E-state index is 10.7. The summed E-state index contributed by atoms with van der Waals surface area (Å²) >= 11 is 0. The molecule has 4 aromatic rings. The molecule has 0 radical (unpaired) electrons. The normalized spacial score (nSPS) is 13.3. The number of hydrogen-bond donors (Lipinski definition) is 2. The molecule has 0 bridgehead atoms. The summed E-state index contributed by atoms with van der Waals surface area (Å²) < 4.78 is 0. The number of aromatic nitrogens is 2. The smallest absolute Gasteiger partial charge is 0.177 e. The van der Waals surface area contributed by atoms with Crippen LogP contribution in [0.25, 0.3) is 32.4 Å². The molecule has 0 aliphatic carbocycles. The van der Waals surface area contributed by atoms with Gasteiger partial charge in [0.1, 0.15) is 0 Å². The molecule has 0 atom stereocenters. The van der Waals surface area contributed by atoms with Gasteiger partial charge in [-0.25, -0.2) is 0 Å². The van der Waals surface area contributed by atoms with Crippen LogP contribution in [0, 0.1) is 0 Å². The SMILES string of the molecule is CC(C)(C)c1cc2n[b-](O)c3cc(C(C)(C)C)cc4[b-](O)nc(c1)c2c34. The monoisotopic (exact) mass is 346 g/mol. The Labute approximate surface area is 153 Å². The number of rotatable bonds is 0. The van der Waals surface area contributed by atoms with Gasteiger partial charge in [0.25, 0.3) is 0 Å². The predicted molar refractivity (Wildman–Crippen MR) is 110 cm³/mol. The third kappa shape index (κ3) is 2.46. The quantitative estimate of drug-likeness (QED) is 0.478. The molecule has 4 nitrogen and oxygen atoms in total. The Balaban J connectivity index is 2.24. The van der Waals surface area contributed by atoms with Crippen molar-refractivity contribution in [3.63, 3.8) is 0 Å². The minimum Gasteiger partial charge on any atom is -0.748 e. The Morgan fingerprint density at radius 2 is 1.04 bits per heavy atom. The average molecular weight is 346 g/mol. The van der Waals surface area contributed by atoms with Gasteiger partial charge in [-0.3, -0.25) is 0 Å². The van der Waals surface area contributed by atoms with Crippen LogP contribution >= 0.6 is 0 Å². The van der Waals surface area contributed by atoms with Crippen molar-refractivity contribution in [1.82, 2.24) is 9.78 Å². The van der Waals surface area contributed by atoms with Gasteiger partial charge in [0, 0.05) is 16.4 Å². The van der Waals surface area contributed by atoms with Crippen LogP contribution in [0.3, 0.4) is 0 Å². The summed E-state index contributed by atoms with van der Waals surface area (Å²) in [5.41, 5.74) is 3.51. The van der Waals surface area contributed by atoms with E-state index in [1.54, 1.807) is 0 Å². The molecule has 0 amide bonds. The topological polar surface area (TPSA) is 66.2 Å². The van der Waals surface area contributed by atoms with E-state index in [1.807, 2.05) is 24.3 Å². The molecule has 2 N–H and O–H groups in total. The van der Waals surface area contributed by atoms with Crippen LogP contribution in [0.4, 0.5) is 0 Å². The van der Waals surface area contributed by atoms with E-state index in [0.29, 0.717) is 0 Å². The van der Waals surface area contributed by atoms with Gasteiger partial charge >= 0.3 is 0 Å². The molecule has 0 fully saturated rings. The van der Waals surface area contributed by atoms with Crippen LogP contribution < -0.4 is 0 Å². The highest BCUT2D eigenvalue weighted by Gasteiger charge is 2.19. The van der Waals surface area contributed by atoms with Crippen molar-refractivity contribution in [2.75, 3.05) is 0 Å². The van der Waals surface area contributed by atoms with Gasteiger partial charge in [-0.15, -0.1) is 0 Å². The molecule has 0 spiro atoms. The predicted octanol–water partition coefficient (Wildman–Crippen LogP) is 3.53. The first-order valence-corrected chi connectivity index (χ1v) is 9.12. The van der Waals surface area contributed by atoms with E-state index in [4.69, 9.17) is 0 Å². The zero-order valence-corrected chi connectivity index (χ0v) is 16.3. The molecule has 4 rings (SSSR count). The summed E-state index contributed by atoms with van der Waals surface area (Å²) in [7, 11) is 0. The summed E-state index contributed by atoms with van der Waals surface area (Å²) in [5, 5.41) is 24.8. The van der Waals surface area contributed by atoms with E-state index < -0.39 is 13.4 Å². The van der Waals surface area contributed by atoms with Gasteiger partial charge < -0.3 is 19.8 Å². The Kier molecular flexibility index (Phi) is 3.41. The van der Waals surface area contributed by atoms with Gasteiger partial charge in [-0.1, -0.05) is 59.1 Å². The largest absolute Gasteiger partial charge is 0.748 e. The van der Waals surface area contributed by atoms with Crippen molar-refractivity contribution in [3.8, 4) is 0 Å². The zero-order valence-electron chi connectivity index (χ0n) is 16.3. The first-order chi connectivity index (χ1) is 12.0. The second-order valence-electron chi connectivity index (χ2n) is 9.42. The molecule has 134 valence electrons. The second-order valence-corrected chi connectivity index (χ2v) is 9.42. The van der Waals surface area contributed by atoms with Crippen LogP contribution in [-0.2, 0) is 10.8 Å². The molecule has 2 aromatic heterocycles. The van der Waals surface area contributed by atoms with E-state index in [2.05, 4.69) is 51.3 Å². The van der Waals surface area contributed by atoms with Gasteiger partial charge in [-0.05, 0) is 34.1 Å². The minimum absolute atomic E-state index is 0.0663. The number of benzene rings is 2. The fraction of sp³-hybridized carbons (Fsp3) is 0.400. The van der Waals surface area contributed by atoms with E-state index in [-0.39, 0.29) is 10.8 Å². The van der Waals surface area contributed by atoms with Gasteiger partial charge in [0.2, 0.25) is 0 Å². The Hall–Kier alpha value is -2.23. The molecule has 0 aliphatic heterocycles. The fourth-order valence-electron chi connectivity index (χ4n) is 3.72. The van der Waals surface area contributed by atoms with Crippen molar-refractivity contribution >= 4 is 45.7 Å². The molecule has 6 heteroatoms. The highest BCUT2D eigenvalue weighted by atomic mass is 16.2. The lowest BCUT2D eigenvalue weighted by atomic mass is 9.73. The lowest BCUT2D eigenvalue weighted by Crippen LogP contribution is -2.16. The summed E-state index contributed by atoms with van der Waals surface area (Å²) in [6.45, 7) is 10.9. The van der Waals surface area contributed by atoms with Crippen LogP contribution in [0.5, 0.6) is 0 Å². The summed E-state index contributed by atoms with van der Waals surface area (Å²) in [5.74, 6) is 0.